The van der Waals surface area contributed by atoms with Crippen molar-refractivity contribution in [2.24, 2.45) is 4.99 Å². The van der Waals surface area contributed by atoms with E-state index >= 15 is 0 Å². The van der Waals surface area contributed by atoms with Gasteiger partial charge in [0.25, 0.3) is 11.5 Å². The van der Waals surface area contributed by atoms with Crippen LogP contribution in [0.25, 0.3) is 6.08 Å². The fourth-order valence-corrected chi connectivity index (χ4v) is 5.91. The minimum atomic E-state index is -1.07. The van der Waals surface area contributed by atoms with Gasteiger partial charge in [-0.05, 0) is 54.3 Å². The molecule has 186 valence electrons. The summed E-state index contributed by atoms with van der Waals surface area (Å²) >= 11 is 2.70. The number of anilines is 1. The zero-order valence-corrected chi connectivity index (χ0v) is 21.2. The van der Waals surface area contributed by atoms with Crippen LogP contribution in [0.4, 0.5) is 5.69 Å². The summed E-state index contributed by atoms with van der Waals surface area (Å²) in [4.78, 5) is 43.9. The number of ether oxygens (including phenoxy) is 1. The van der Waals surface area contributed by atoms with Gasteiger partial charge >= 0.3 is 5.97 Å². The summed E-state index contributed by atoms with van der Waals surface area (Å²) in [6.07, 6.45) is 1.71. The molecule has 1 amide bonds. The molecule has 2 N–H and O–H groups in total. The van der Waals surface area contributed by atoms with Crippen LogP contribution in [0, 0.1) is 0 Å². The van der Waals surface area contributed by atoms with Gasteiger partial charge in [-0.15, -0.1) is 11.3 Å². The van der Waals surface area contributed by atoms with E-state index in [0.29, 0.717) is 37.6 Å². The molecule has 2 aromatic heterocycles. The predicted octanol–water partition coefficient (Wildman–Crippen LogP) is 3.40. The molecule has 5 rings (SSSR count). The van der Waals surface area contributed by atoms with Gasteiger partial charge in [-0.1, -0.05) is 47.7 Å². The lowest BCUT2D eigenvalue weighted by atomic mass is 10.0. The molecule has 37 heavy (non-hydrogen) atoms. The van der Waals surface area contributed by atoms with Crippen LogP contribution in [0.5, 0.6) is 5.75 Å². The van der Waals surface area contributed by atoms with Crippen molar-refractivity contribution in [2.75, 3.05) is 11.9 Å². The molecule has 0 aliphatic carbocycles. The zero-order valence-electron chi connectivity index (χ0n) is 19.6. The van der Waals surface area contributed by atoms with Gasteiger partial charge in [0.05, 0.1) is 15.8 Å². The van der Waals surface area contributed by atoms with Crippen molar-refractivity contribution in [3.63, 3.8) is 0 Å². The number of carboxylic acid groups (broad SMARTS) is 1. The molecule has 0 spiro atoms. The number of thiazole rings is 1. The molecule has 1 aliphatic rings. The van der Waals surface area contributed by atoms with E-state index in [1.807, 2.05) is 35.7 Å². The minimum Gasteiger partial charge on any atom is -0.482 e. The second kappa shape index (κ2) is 10.4. The average molecular weight is 532 g/mol. The number of hydrogen-bond acceptors (Lipinski definition) is 7. The number of para-hydroxylation sites is 1. The predicted molar refractivity (Wildman–Crippen MR) is 143 cm³/mol. The lowest BCUT2D eigenvalue weighted by Gasteiger charge is -2.24. The number of nitrogens with zero attached hydrogens (tertiary/aromatic N) is 2. The SMILES string of the molecule is CC1=C(C(=O)Nc2ccccc2)[C@@H](c2cccs2)n2c(s/c(=C\c3cccc(OCC(=O)O)c3)c2=O)=N1. The molecule has 0 unspecified atom stereocenters. The molecule has 0 radical (unpaired) electrons. The van der Waals surface area contributed by atoms with Crippen LogP contribution in [0.2, 0.25) is 0 Å². The van der Waals surface area contributed by atoms with E-state index in [1.54, 1.807) is 54.0 Å². The topological polar surface area (TPSA) is 110 Å². The number of carbonyl (C=O) groups excluding carboxylic acids is 1. The van der Waals surface area contributed by atoms with Gasteiger partial charge in [-0.25, -0.2) is 9.79 Å². The van der Waals surface area contributed by atoms with Crippen LogP contribution in [0.1, 0.15) is 23.4 Å². The lowest BCUT2D eigenvalue weighted by molar-refractivity contribution is -0.139. The maximum atomic E-state index is 13.7. The second-order valence-electron chi connectivity index (χ2n) is 8.17. The van der Waals surface area contributed by atoms with Crippen molar-refractivity contribution in [2.45, 2.75) is 13.0 Å². The molecule has 1 aliphatic heterocycles. The van der Waals surface area contributed by atoms with Crippen molar-refractivity contribution in [1.29, 1.82) is 0 Å². The average Bonchev–Trinajstić information content (AvgIpc) is 3.51. The van der Waals surface area contributed by atoms with E-state index in [4.69, 9.17) is 9.84 Å². The Balaban J connectivity index is 1.58. The summed E-state index contributed by atoms with van der Waals surface area (Å²) in [6.45, 7) is 1.32. The number of allylic oxidation sites excluding steroid dienone is 1. The van der Waals surface area contributed by atoms with E-state index in [0.717, 1.165) is 4.88 Å². The third-order valence-corrected chi connectivity index (χ3v) is 7.54. The third kappa shape index (κ3) is 5.16. The monoisotopic (exact) mass is 531 g/mol. The van der Waals surface area contributed by atoms with Crippen molar-refractivity contribution in [1.82, 2.24) is 4.57 Å². The smallest absolute Gasteiger partial charge is 0.341 e. The van der Waals surface area contributed by atoms with Gasteiger partial charge in [-0.3, -0.25) is 14.2 Å². The Bertz CT molecular complexity index is 1690. The van der Waals surface area contributed by atoms with Crippen LogP contribution in [0.3, 0.4) is 0 Å². The standard InChI is InChI=1S/C27H21N3O5S2/c1-16-23(25(33)29-18-8-3-2-4-9-18)24(20-11-6-12-36-20)30-26(34)21(37-27(30)28-16)14-17-7-5-10-19(13-17)35-15-22(31)32/h2-14,24H,15H2,1H3,(H,29,33)(H,31,32)/b21-14-/t24-/m1/s1. The molecular formula is C27H21N3O5S2. The number of rotatable bonds is 7. The molecule has 0 saturated carbocycles. The third-order valence-electron chi connectivity index (χ3n) is 5.63. The summed E-state index contributed by atoms with van der Waals surface area (Å²) in [7, 11) is 0. The highest BCUT2D eigenvalue weighted by molar-refractivity contribution is 7.10. The fourth-order valence-electron chi connectivity index (χ4n) is 4.04. The van der Waals surface area contributed by atoms with Crippen LogP contribution in [0.15, 0.2) is 93.2 Å². The van der Waals surface area contributed by atoms with E-state index in [1.165, 1.54) is 22.7 Å². The summed E-state index contributed by atoms with van der Waals surface area (Å²) in [5.74, 6) is -1.01. The number of benzene rings is 2. The quantitative estimate of drug-likeness (QED) is 0.380. The van der Waals surface area contributed by atoms with Gasteiger partial charge in [-0.2, -0.15) is 0 Å². The van der Waals surface area contributed by atoms with Crippen molar-refractivity contribution in [3.8, 4) is 5.75 Å². The van der Waals surface area contributed by atoms with Gasteiger partial charge in [0, 0.05) is 10.6 Å². The maximum Gasteiger partial charge on any atom is 0.341 e. The Morgan fingerprint density at radius 1 is 1.14 bits per heavy atom. The Labute approximate surface area is 219 Å². The van der Waals surface area contributed by atoms with Gasteiger partial charge < -0.3 is 15.2 Å². The van der Waals surface area contributed by atoms with Crippen LogP contribution in [-0.4, -0.2) is 28.2 Å². The number of nitrogens with one attached hydrogen (secondary N) is 1. The first-order valence-electron chi connectivity index (χ1n) is 11.3. The zero-order chi connectivity index (χ0) is 25.9. The normalized spacial score (nSPS) is 15.2. The first-order chi connectivity index (χ1) is 17.9. The number of carboxylic acids is 1. The Hall–Kier alpha value is -4.28. The Morgan fingerprint density at radius 2 is 1.95 bits per heavy atom. The van der Waals surface area contributed by atoms with Crippen LogP contribution < -0.4 is 24.9 Å². The summed E-state index contributed by atoms with van der Waals surface area (Å²) in [5.41, 5.74) is 2.02. The molecule has 0 fully saturated rings. The van der Waals surface area contributed by atoms with Crippen molar-refractivity contribution >= 4 is 46.3 Å². The highest BCUT2D eigenvalue weighted by Crippen LogP contribution is 2.33. The molecule has 4 aromatic rings. The lowest BCUT2D eigenvalue weighted by Crippen LogP contribution is -2.40. The first kappa shape index (κ1) is 24.4. The molecule has 3 heterocycles. The van der Waals surface area contributed by atoms with E-state index in [-0.39, 0.29) is 11.5 Å². The van der Waals surface area contributed by atoms with E-state index < -0.39 is 18.6 Å². The number of amides is 1. The number of hydrogen-bond donors (Lipinski definition) is 2. The van der Waals surface area contributed by atoms with E-state index in [2.05, 4.69) is 10.3 Å². The Morgan fingerprint density at radius 3 is 2.68 bits per heavy atom. The van der Waals surface area contributed by atoms with Crippen molar-refractivity contribution in [3.05, 3.63) is 114 Å². The number of aliphatic carboxylic acids is 1. The maximum absolute atomic E-state index is 13.7. The van der Waals surface area contributed by atoms with Crippen LogP contribution in [-0.2, 0) is 9.59 Å². The minimum absolute atomic E-state index is 0.267. The highest BCUT2D eigenvalue weighted by Gasteiger charge is 2.33. The highest BCUT2D eigenvalue weighted by atomic mass is 32.1. The Kier molecular flexibility index (Phi) is 6.85. The second-order valence-corrected chi connectivity index (χ2v) is 10.2. The molecule has 1 atom stereocenters. The first-order valence-corrected chi connectivity index (χ1v) is 13.0. The van der Waals surface area contributed by atoms with Gasteiger partial charge in [0.1, 0.15) is 11.8 Å². The van der Waals surface area contributed by atoms with Crippen molar-refractivity contribution < 1.29 is 19.4 Å². The molecular weight excluding hydrogens is 510 g/mol. The largest absolute Gasteiger partial charge is 0.482 e. The number of fused-ring (bicyclic) bond motifs is 1. The van der Waals surface area contributed by atoms with Gasteiger partial charge in [0.15, 0.2) is 11.4 Å². The fraction of sp³-hybridized carbons (Fsp3) is 0.111. The molecule has 8 nitrogen and oxygen atoms in total. The number of thiophene rings is 1. The summed E-state index contributed by atoms with van der Waals surface area (Å²) in [5, 5.41) is 13.7. The van der Waals surface area contributed by atoms with Crippen LogP contribution >= 0.6 is 22.7 Å². The van der Waals surface area contributed by atoms with E-state index in [9.17, 15) is 14.4 Å². The molecule has 0 bridgehead atoms. The number of aromatic nitrogens is 1. The molecule has 0 saturated heterocycles. The summed E-state index contributed by atoms with van der Waals surface area (Å²) < 4.78 is 7.27. The number of carbonyl (C=O) groups is 2. The van der Waals surface area contributed by atoms with Gasteiger partial charge in [0.2, 0.25) is 0 Å². The molecule has 2 aromatic carbocycles. The molecule has 10 heteroatoms. The summed E-state index contributed by atoms with van der Waals surface area (Å²) in [6, 6.07) is 19.2.